The predicted molar refractivity (Wildman–Crippen MR) is 102 cm³/mol. The van der Waals surface area contributed by atoms with Crippen LogP contribution < -0.4 is 15.9 Å². The van der Waals surface area contributed by atoms with E-state index in [-0.39, 0.29) is 17.4 Å². The van der Waals surface area contributed by atoms with Crippen LogP contribution in [0.25, 0.3) is 0 Å². The van der Waals surface area contributed by atoms with Gasteiger partial charge in [0, 0.05) is 24.4 Å². The van der Waals surface area contributed by atoms with E-state index in [9.17, 15) is 9.90 Å². The van der Waals surface area contributed by atoms with Crippen molar-refractivity contribution in [2.75, 3.05) is 12.4 Å². The number of phenols is 1. The van der Waals surface area contributed by atoms with Crippen molar-refractivity contribution in [2.45, 2.75) is 32.3 Å². The molecule has 0 atom stereocenters. The number of aryl methyl sites for hydroxylation is 1. The number of carbonyl (C=O) groups is 1. The first-order valence-corrected chi connectivity index (χ1v) is 8.77. The number of anilines is 1. The fraction of sp³-hybridized carbons (Fsp3) is 0.316. The lowest BCUT2D eigenvalue weighted by molar-refractivity contribution is 0.223. The molecule has 0 saturated heterocycles. The van der Waals surface area contributed by atoms with Gasteiger partial charge in [-0.1, -0.05) is 23.7 Å². The van der Waals surface area contributed by atoms with Gasteiger partial charge >= 0.3 is 6.03 Å². The van der Waals surface area contributed by atoms with E-state index in [2.05, 4.69) is 11.4 Å². The summed E-state index contributed by atoms with van der Waals surface area (Å²) >= 11 is 5.99. The first kappa shape index (κ1) is 18.4. The lowest BCUT2D eigenvalue weighted by Gasteiger charge is -2.19. The Morgan fingerprint density at radius 1 is 1.42 bits per heavy atom. The van der Waals surface area contributed by atoms with Crippen molar-refractivity contribution in [3.63, 3.8) is 0 Å². The number of amides is 2. The molecule has 2 aromatic carbocycles. The first-order valence-electron chi connectivity index (χ1n) is 8.40. The average Bonchev–Trinajstić information content (AvgIpc) is 3.42. The Balaban J connectivity index is 1.88. The summed E-state index contributed by atoms with van der Waals surface area (Å²) in [4.78, 5) is 12.0. The van der Waals surface area contributed by atoms with E-state index in [1.54, 1.807) is 12.1 Å². The number of phenolic OH excluding ortho intramolecular Hbond substituents is 1. The maximum atomic E-state index is 12.0. The molecule has 0 unspecified atom stereocenters. The van der Waals surface area contributed by atoms with Crippen LogP contribution in [0.2, 0.25) is 5.02 Å². The molecule has 1 aliphatic rings. The Morgan fingerprint density at radius 2 is 2.15 bits per heavy atom. The zero-order valence-corrected chi connectivity index (χ0v) is 15.5. The number of hydrogen-bond acceptors (Lipinski definition) is 4. The van der Waals surface area contributed by atoms with E-state index in [1.807, 2.05) is 19.1 Å². The van der Waals surface area contributed by atoms with Gasteiger partial charge < -0.3 is 15.2 Å². The number of halogens is 1. The lowest BCUT2D eigenvalue weighted by atomic mass is 10.0. The molecular weight excluding hydrogens is 354 g/mol. The Hall–Kier alpha value is -2.44. The third-order valence-corrected chi connectivity index (χ3v) is 4.71. The molecule has 6 nitrogen and oxygen atoms in total. The fourth-order valence-corrected chi connectivity index (χ4v) is 2.97. The van der Waals surface area contributed by atoms with Crippen LogP contribution in [0.15, 0.2) is 30.3 Å². The molecule has 7 heteroatoms. The predicted octanol–water partition coefficient (Wildman–Crippen LogP) is 4.15. The number of nitrogens with two attached hydrogens (primary N) is 1. The van der Waals surface area contributed by atoms with Crippen LogP contribution in [0, 0.1) is 6.92 Å². The zero-order valence-electron chi connectivity index (χ0n) is 14.8. The summed E-state index contributed by atoms with van der Waals surface area (Å²) in [6.07, 6.45) is 2.26. The van der Waals surface area contributed by atoms with Gasteiger partial charge in [-0.3, -0.25) is 5.01 Å². The smallest absolute Gasteiger partial charge is 0.335 e. The first-order chi connectivity index (χ1) is 12.4. The van der Waals surface area contributed by atoms with Crippen molar-refractivity contribution in [1.82, 2.24) is 5.01 Å². The quantitative estimate of drug-likeness (QED) is 0.416. The number of hydrogen-bond donors (Lipinski definition) is 3. The molecule has 1 saturated carbocycles. The normalized spacial score (nSPS) is 13.4. The molecule has 26 heavy (non-hydrogen) atoms. The van der Waals surface area contributed by atoms with Crippen molar-refractivity contribution >= 4 is 23.3 Å². The molecule has 0 radical (unpaired) electrons. The minimum Gasteiger partial charge on any atom is -0.506 e. The highest BCUT2D eigenvalue weighted by molar-refractivity contribution is 6.32. The number of carbonyl (C=O) groups excluding carboxylic acids is 1. The van der Waals surface area contributed by atoms with Crippen LogP contribution in [0.5, 0.6) is 11.5 Å². The molecule has 0 aliphatic heterocycles. The van der Waals surface area contributed by atoms with Crippen LogP contribution in [0.1, 0.15) is 35.4 Å². The number of aromatic hydroxyl groups is 1. The van der Waals surface area contributed by atoms with E-state index in [4.69, 9.17) is 22.2 Å². The Bertz CT molecular complexity index is 835. The van der Waals surface area contributed by atoms with Gasteiger partial charge in [-0.2, -0.15) is 0 Å². The monoisotopic (exact) mass is 375 g/mol. The Labute approximate surface area is 157 Å². The van der Waals surface area contributed by atoms with Crippen molar-refractivity contribution in [2.24, 2.45) is 5.84 Å². The zero-order chi connectivity index (χ0) is 18.8. The second-order valence-electron chi connectivity index (χ2n) is 6.55. The van der Waals surface area contributed by atoms with Gasteiger partial charge in [0.15, 0.2) is 0 Å². The van der Waals surface area contributed by atoms with Gasteiger partial charge in [0.2, 0.25) is 0 Å². The summed E-state index contributed by atoms with van der Waals surface area (Å²) in [5.74, 6) is 6.61. The van der Waals surface area contributed by atoms with Crippen molar-refractivity contribution in [3.8, 4) is 11.5 Å². The van der Waals surface area contributed by atoms with Gasteiger partial charge in [-0.25, -0.2) is 10.6 Å². The summed E-state index contributed by atoms with van der Waals surface area (Å²) < 4.78 is 5.97. The second-order valence-corrected chi connectivity index (χ2v) is 6.95. The van der Waals surface area contributed by atoms with Crippen molar-refractivity contribution in [3.05, 3.63) is 52.0 Å². The fourth-order valence-electron chi connectivity index (χ4n) is 2.82. The standard InChI is InChI=1S/C19H22ClN3O3/c1-11-8-17(24)15(20)9-18(11)26-10-14-13(12-6-7-12)4-3-5-16(14)22-19(25)23(2)21/h3-5,8-9,12,24H,6-7,10,21H2,1-2H3,(H,22,25). The van der Waals surface area contributed by atoms with Gasteiger partial charge in [-0.15, -0.1) is 0 Å². The van der Waals surface area contributed by atoms with Crippen molar-refractivity contribution in [1.29, 1.82) is 0 Å². The molecule has 0 heterocycles. The summed E-state index contributed by atoms with van der Waals surface area (Å²) in [5, 5.41) is 13.7. The number of benzene rings is 2. The van der Waals surface area contributed by atoms with E-state index < -0.39 is 6.03 Å². The molecule has 0 spiro atoms. The van der Waals surface area contributed by atoms with Crippen LogP contribution in [0.3, 0.4) is 0 Å². The highest BCUT2D eigenvalue weighted by atomic mass is 35.5. The summed E-state index contributed by atoms with van der Waals surface area (Å²) in [5.41, 5.74) is 3.56. The molecule has 0 aromatic heterocycles. The molecule has 138 valence electrons. The summed E-state index contributed by atoms with van der Waals surface area (Å²) in [6, 6.07) is 8.58. The summed E-state index contributed by atoms with van der Waals surface area (Å²) in [6.45, 7) is 2.11. The van der Waals surface area contributed by atoms with E-state index in [1.165, 1.54) is 12.6 Å². The number of urea groups is 1. The SMILES string of the molecule is Cc1cc(O)c(Cl)cc1OCc1c(NC(=O)N(C)N)cccc1C1CC1. The van der Waals surface area contributed by atoms with Gasteiger partial charge in [0.05, 0.1) is 5.02 Å². The van der Waals surface area contributed by atoms with E-state index in [0.717, 1.165) is 29.0 Å². The molecule has 1 fully saturated rings. The minimum absolute atomic E-state index is 0.0221. The summed E-state index contributed by atoms with van der Waals surface area (Å²) in [7, 11) is 1.48. The molecule has 3 rings (SSSR count). The van der Waals surface area contributed by atoms with Crippen LogP contribution >= 0.6 is 11.6 Å². The third kappa shape index (κ3) is 4.03. The van der Waals surface area contributed by atoms with E-state index in [0.29, 0.717) is 17.4 Å². The number of nitrogens with one attached hydrogen (secondary N) is 1. The second kappa shape index (κ2) is 7.43. The number of ether oxygens (including phenoxy) is 1. The van der Waals surface area contributed by atoms with Crippen molar-refractivity contribution < 1.29 is 14.6 Å². The Morgan fingerprint density at radius 3 is 2.81 bits per heavy atom. The Kier molecular flexibility index (Phi) is 5.25. The molecule has 4 N–H and O–H groups in total. The maximum Gasteiger partial charge on any atom is 0.335 e. The topological polar surface area (TPSA) is 87.8 Å². The van der Waals surface area contributed by atoms with E-state index >= 15 is 0 Å². The highest BCUT2D eigenvalue weighted by Gasteiger charge is 2.27. The highest BCUT2D eigenvalue weighted by Crippen LogP contribution is 2.43. The van der Waals surface area contributed by atoms with Gasteiger partial charge in [0.1, 0.15) is 18.1 Å². The average molecular weight is 376 g/mol. The molecule has 1 aliphatic carbocycles. The lowest BCUT2D eigenvalue weighted by Crippen LogP contribution is -2.37. The third-order valence-electron chi connectivity index (χ3n) is 4.41. The number of nitrogens with zero attached hydrogens (tertiary/aromatic N) is 1. The van der Waals surface area contributed by atoms with Crippen LogP contribution in [-0.4, -0.2) is 23.2 Å². The molecular formula is C19H22ClN3O3. The van der Waals surface area contributed by atoms with Crippen LogP contribution in [0.4, 0.5) is 10.5 Å². The van der Waals surface area contributed by atoms with Gasteiger partial charge in [0.25, 0.3) is 0 Å². The van der Waals surface area contributed by atoms with Gasteiger partial charge in [-0.05, 0) is 48.9 Å². The largest absolute Gasteiger partial charge is 0.506 e. The number of hydrazine groups is 1. The molecule has 0 bridgehead atoms. The molecule has 2 aromatic rings. The number of rotatable bonds is 5. The van der Waals surface area contributed by atoms with Crippen LogP contribution in [-0.2, 0) is 6.61 Å². The molecule has 2 amide bonds. The maximum absolute atomic E-state index is 12.0. The minimum atomic E-state index is -0.400.